The lowest BCUT2D eigenvalue weighted by Gasteiger charge is -2.32. The van der Waals surface area contributed by atoms with E-state index in [1.54, 1.807) is 0 Å². The van der Waals surface area contributed by atoms with Gasteiger partial charge in [0.1, 0.15) is 0 Å². The number of para-hydroxylation sites is 2. The zero-order chi connectivity index (χ0) is 15.9. The van der Waals surface area contributed by atoms with Crippen LogP contribution in [0.3, 0.4) is 0 Å². The molecule has 0 unspecified atom stereocenters. The largest absolute Gasteiger partial charge is 0.302 e. The second-order valence-electron chi connectivity index (χ2n) is 6.61. The molecule has 2 atom stereocenters. The minimum Gasteiger partial charge on any atom is -0.302 e. The molecular formula is C19H23N2OP. The summed E-state index contributed by atoms with van der Waals surface area (Å²) in [5, 5.41) is 0. The molecule has 1 aliphatic heterocycles. The van der Waals surface area contributed by atoms with Crippen LogP contribution in [-0.2, 0) is 4.57 Å². The minimum absolute atomic E-state index is 0.349. The van der Waals surface area contributed by atoms with Gasteiger partial charge in [-0.25, -0.2) is 0 Å². The molecule has 3 nitrogen and oxygen atoms in total. The Morgan fingerprint density at radius 1 is 0.783 bits per heavy atom. The first kappa shape index (κ1) is 14.8. The molecule has 23 heavy (non-hydrogen) atoms. The van der Waals surface area contributed by atoms with Crippen molar-refractivity contribution in [3.8, 4) is 0 Å². The molecule has 120 valence electrons. The summed E-state index contributed by atoms with van der Waals surface area (Å²) in [6.45, 7) is 1.94. The Bertz CT molecular complexity index is 659. The van der Waals surface area contributed by atoms with Gasteiger partial charge in [0.2, 0.25) is 0 Å². The van der Waals surface area contributed by atoms with E-state index < -0.39 is 7.44 Å². The van der Waals surface area contributed by atoms with Crippen LogP contribution in [0.15, 0.2) is 60.7 Å². The Balaban J connectivity index is 1.83. The van der Waals surface area contributed by atoms with E-state index in [1.165, 1.54) is 12.8 Å². The molecule has 2 aliphatic rings. The third kappa shape index (κ3) is 2.38. The fourth-order valence-corrected chi connectivity index (χ4v) is 7.26. The van der Waals surface area contributed by atoms with Gasteiger partial charge in [0.25, 0.3) is 7.44 Å². The maximum atomic E-state index is 13.9. The highest BCUT2D eigenvalue weighted by Gasteiger charge is 2.52. The topological polar surface area (TPSA) is 23.6 Å². The van der Waals surface area contributed by atoms with Crippen LogP contribution >= 0.6 is 7.44 Å². The molecule has 2 aromatic carbocycles. The number of hydrogen-bond acceptors (Lipinski definition) is 1. The molecule has 0 N–H and O–H groups in total. The normalized spacial score (nSPS) is 26.1. The third-order valence-electron chi connectivity index (χ3n) is 5.16. The van der Waals surface area contributed by atoms with Crippen LogP contribution < -0.4 is 9.34 Å². The van der Waals surface area contributed by atoms with Crippen molar-refractivity contribution in [3.63, 3.8) is 0 Å². The zero-order valence-corrected chi connectivity index (χ0v) is 14.4. The quantitative estimate of drug-likeness (QED) is 0.713. The second kappa shape index (κ2) is 5.72. The van der Waals surface area contributed by atoms with Gasteiger partial charge in [0, 0.05) is 18.0 Å². The molecule has 0 amide bonds. The van der Waals surface area contributed by atoms with Gasteiger partial charge in [0.05, 0.1) is 12.1 Å². The Morgan fingerprint density at radius 2 is 1.17 bits per heavy atom. The Labute approximate surface area is 138 Å². The number of rotatable bonds is 2. The minimum atomic E-state index is -2.65. The molecule has 0 aromatic heterocycles. The fraction of sp³-hybridized carbons (Fsp3) is 0.368. The van der Waals surface area contributed by atoms with Crippen LogP contribution in [0, 0.1) is 0 Å². The Hall–Kier alpha value is -1.73. The average Bonchev–Trinajstić information content (AvgIpc) is 2.82. The molecule has 4 heteroatoms. The number of benzene rings is 2. The molecule has 2 aromatic rings. The van der Waals surface area contributed by atoms with E-state index in [9.17, 15) is 4.57 Å². The van der Waals surface area contributed by atoms with E-state index in [1.807, 2.05) is 43.1 Å². The first-order valence-electron chi connectivity index (χ1n) is 8.46. The maximum absolute atomic E-state index is 13.9. The van der Waals surface area contributed by atoms with Crippen LogP contribution in [0.1, 0.15) is 25.7 Å². The van der Waals surface area contributed by atoms with Gasteiger partial charge in [-0.3, -0.25) is 4.57 Å². The lowest BCUT2D eigenvalue weighted by Crippen LogP contribution is -2.40. The van der Waals surface area contributed by atoms with Gasteiger partial charge in [-0.2, -0.15) is 0 Å². The van der Waals surface area contributed by atoms with Gasteiger partial charge in [-0.15, -0.1) is 0 Å². The monoisotopic (exact) mass is 326 g/mol. The van der Waals surface area contributed by atoms with Crippen molar-refractivity contribution in [1.82, 2.24) is 0 Å². The van der Waals surface area contributed by atoms with E-state index >= 15 is 0 Å². The number of hydrogen-bond donors (Lipinski definition) is 0. The fourth-order valence-electron chi connectivity index (χ4n) is 4.29. The van der Waals surface area contributed by atoms with Gasteiger partial charge in [0.15, 0.2) is 0 Å². The van der Waals surface area contributed by atoms with E-state index in [0.29, 0.717) is 12.1 Å². The Kier molecular flexibility index (Phi) is 3.69. The van der Waals surface area contributed by atoms with Gasteiger partial charge < -0.3 is 9.34 Å². The molecule has 1 saturated carbocycles. The summed E-state index contributed by atoms with van der Waals surface area (Å²) in [7, 11) is -2.65. The molecule has 1 aliphatic carbocycles. The summed E-state index contributed by atoms with van der Waals surface area (Å²) in [5.41, 5.74) is 2.18. The summed E-state index contributed by atoms with van der Waals surface area (Å²) in [4.78, 5) is 0. The van der Waals surface area contributed by atoms with Crippen LogP contribution in [0.2, 0.25) is 0 Å². The summed E-state index contributed by atoms with van der Waals surface area (Å²) >= 11 is 0. The van der Waals surface area contributed by atoms with Crippen LogP contribution in [-0.4, -0.2) is 18.7 Å². The van der Waals surface area contributed by atoms with E-state index in [-0.39, 0.29) is 0 Å². The van der Waals surface area contributed by atoms with Crippen molar-refractivity contribution in [1.29, 1.82) is 0 Å². The Morgan fingerprint density at radius 3 is 1.57 bits per heavy atom. The van der Waals surface area contributed by atoms with E-state index in [0.717, 1.165) is 24.2 Å². The lowest BCUT2D eigenvalue weighted by atomic mass is 9.90. The third-order valence-corrected chi connectivity index (χ3v) is 7.82. The van der Waals surface area contributed by atoms with E-state index in [4.69, 9.17) is 0 Å². The van der Waals surface area contributed by atoms with Gasteiger partial charge in [-0.1, -0.05) is 49.2 Å². The summed E-state index contributed by atoms with van der Waals surface area (Å²) in [6.07, 6.45) is 4.71. The van der Waals surface area contributed by atoms with Crippen LogP contribution in [0.25, 0.3) is 0 Å². The van der Waals surface area contributed by atoms with Crippen molar-refractivity contribution >= 4 is 18.8 Å². The highest BCUT2D eigenvalue weighted by atomic mass is 31.2. The molecule has 4 rings (SSSR count). The standard InChI is InChI=1S/C19H23N2OP/c1-23(22)20(16-10-4-2-5-11-16)18-14-8-9-15-19(18)21(23)17-12-6-3-7-13-17/h2-7,10-13,18-19H,8-9,14-15H2,1H3/t18-,19-/m1/s1. The molecular weight excluding hydrogens is 303 g/mol. The number of fused-ring (bicyclic) bond motifs is 1. The van der Waals surface area contributed by atoms with Crippen molar-refractivity contribution in [2.75, 3.05) is 16.0 Å². The predicted octanol–water partition coefficient (Wildman–Crippen LogP) is 5.15. The number of anilines is 2. The molecule has 2 fully saturated rings. The molecule has 0 spiro atoms. The van der Waals surface area contributed by atoms with Crippen molar-refractivity contribution in [3.05, 3.63) is 60.7 Å². The lowest BCUT2D eigenvalue weighted by molar-refractivity contribution is 0.409. The molecule has 0 radical (unpaired) electrons. The van der Waals surface area contributed by atoms with Crippen molar-refractivity contribution < 1.29 is 4.57 Å². The average molecular weight is 326 g/mol. The first-order chi connectivity index (χ1) is 11.2. The second-order valence-corrected chi connectivity index (χ2v) is 9.15. The van der Waals surface area contributed by atoms with Gasteiger partial charge in [-0.05, 0) is 37.1 Å². The van der Waals surface area contributed by atoms with E-state index in [2.05, 4.69) is 33.6 Å². The van der Waals surface area contributed by atoms with Crippen LogP contribution in [0.4, 0.5) is 11.4 Å². The summed E-state index contributed by atoms with van der Waals surface area (Å²) in [6, 6.07) is 21.3. The van der Waals surface area contributed by atoms with Crippen molar-refractivity contribution in [2.24, 2.45) is 0 Å². The highest BCUT2D eigenvalue weighted by molar-refractivity contribution is 7.67. The predicted molar refractivity (Wildman–Crippen MR) is 97.4 cm³/mol. The first-order valence-corrected chi connectivity index (χ1v) is 10.5. The maximum Gasteiger partial charge on any atom is 0.260 e. The molecule has 1 saturated heterocycles. The van der Waals surface area contributed by atoms with Crippen LogP contribution in [0.5, 0.6) is 0 Å². The zero-order valence-electron chi connectivity index (χ0n) is 13.5. The molecule has 1 heterocycles. The molecule has 0 bridgehead atoms. The number of nitrogens with zero attached hydrogens (tertiary/aromatic N) is 2. The van der Waals surface area contributed by atoms with Crippen molar-refractivity contribution in [2.45, 2.75) is 37.8 Å². The van der Waals surface area contributed by atoms with Gasteiger partial charge >= 0.3 is 0 Å². The summed E-state index contributed by atoms with van der Waals surface area (Å²) < 4.78 is 18.3. The SMILES string of the molecule is CP1(=O)N(c2ccccc2)[C@@H]2CCCC[C@H]2N1c1ccccc1. The highest BCUT2D eigenvalue weighted by Crippen LogP contribution is 2.63. The summed E-state index contributed by atoms with van der Waals surface area (Å²) in [5.74, 6) is 0. The smallest absolute Gasteiger partial charge is 0.260 e.